The Labute approximate surface area is 143 Å². The van der Waals surface area contributed by atoms with E-state index in [4.69, 9.17) is 0 Å². The fourth-order valence-corrected chi connectivity index (χ4v) is 3.55. The third kappa shape index (κ3) is 3.35. The average Bonchev–Trinajstić information content (AvgIpc) is 2.62. The number of hydrogen-bond acceptors (Lipinski definition) is 3. The minimum Gasteiger partial charge on any atom is -0.334 e. The maximum Gasteiger partial charge on any atom is 0.270 e. The molecule has 24 heavy (non-hydrogen) atoms. The first-order chi connectivity index (χ1) is 11.6. The van der Waals surface area contributed by atoms with E-state index in [-0.39, 0.29) is 17.9 Å². The molecule has 2 aliphatic rings. The topological polar surface area (TPSA) is 53.0 Å². The van der Waals surface area contributed by atoms with E-state index in [1.807, 2.05) is 35.2 Å². The lowest BCUT2D eigenvalue weighted by atomic mass is 9.92. The van der Waals surface area contributed by atoms with E-state index in [1.165, 1.54) is 11.4 Å². The summed E-state index contributed by atoms with van der Waals surface area (Å²) in [5.74, 6) is 0.379. The van der Waals surface area contributed by atoms with Gasteiger partial charge in [-0.2, -0.15) is 5.10 Å². The lowest BCUT2D eigenvalue weighted by Gasteiger charge is -2.39. The molecule has 0 bridgehead atoms. The fraction of sp³-hybridized carbons (Fsp3) is 0.526. The van der Waals surface area contributed by atoms with Gasteiger partial charge >= 0.3 is 0 Å². The molecule has 0 aromatic heterocycles. The first-order valence-electron chi connectivity index (χ1n) is 8.84. The fourth-order valence-electron chi connectivity index (χ4n) is 3.55. The summed E-state index contributed by atoms with van der Waals surface area (Å²) in [6.45, 7) is 5.12. The van der Waals surface area contributed by atoms with Gasteiger partial charge in [0.15, 0.2) is 0 Å². The van der Waals surface area contributed by atoms with Crippen LogP contribution in [0.3, 0.4) is 0 Å². The van der Waals surface area contributed by atoms with Crippen LogP contribution in [-0.2, 0) is 9.59 Å². The number of piperidine rings is 1. The van der Waals surface area contributed by atoms with Gasteiger partial charge < -0.3 is 4.90 Å². The Hall–Kier alpha value is -2.17. The van der Waals surface area contributed by atoms with E-state index in [2.05, 4.69) is 18.9 Å². The molecule has 1 unspecified atom stereocenters. The van der Waals surface area contributed by atoms with Crippen LogP contribution in [-0.4, -0.2) is 35.0 Å². The van der Waals surface area contributed by atoms with Crippen LogP contribution in [0.1, 0.15) is 46.0 Å². The summed E-state index contributed by atoms with van der Waals surface area (Å²) in [4.78, 5) is 27.2. The Kier molecular flexibility index (Phi) is 4.97. The molecule has 1 atom stereocenters. The lowest BCUT2D eigenvalue weighted by Crippen LogP contribution is -2.50. The van der Waals surface area contributed by atoms with Gasteiger partial charge in [-0.05, 0) is 37.3 Å². The molecule has 2 amide bonds. The monoisotopic (exact) mass is 327 g/mol. The Balaban J connectivity index is 1.84. The molecule has 1 fully saturated rings. The van der Waals surface area contributed by atoms with Gasteiger partial charge in [0.2, 0.25) is 5.91 Å². The minimum atomic E-state index is -0.0585. The number of hydrogen-bond donors (Lipinski definition) is 0. The maximum atomic E-state index is 13.0. The van der Waals surface area contributed by atoms with Crippen molar-refractivity contribution in [1.29, 1.82) is 0 Å². The third-order valence-corrected chi connectivity index (χ3v) is 4.86. The van der Waals surface area contributed by atoms with Crippen LogP contribution in [0, 0.1) is 5.92 Å². The Morgan fingerprint density at radius 2 is 1.92 bits per heavy atom. The summed E-state index contributed by atoms with van der Waals surface area (Å²) >= 11 is 0. The van der Waals surface area contributed by atoms with Gasteiger partial charge in [-0.25, -0.2) is 5.01 Å². The molecule has 128 valence electrons. The number of carbonyl (C=O) groups excluding carboxylic acids is 2. The van der Waals surface area contributed by atoms with E-state index in [0.29, 0.717) is 30.2 Å². The number of likely N-dealkylation sites (tertiary alicyclic amines) is 1. The van der Waals surface area contributed by atoms with Gasteiger partial charge in [-0.1, -0.05) is 32.0 Å². The van der Waals surface area contributed by atoms with Crippen molar-refractivity contribution in [3.05, 3.63) is 30.3 Å². The van der Waals surface area contributed by atoms with Crippen molar-refractivity contribution in [2.24, 2.45) is 11.0 Å². The highest BCUT2D eigenvalue weighted by molar-refractivity contribution is 6.40. The van der Waals surface area contributed by atoms with Crippen molar-refractivity contribution in [2.45, 2.75) is 52.0 Å². The second-order valence-corrected chi connectivity index (χ2v) is 6.89. The van der Waals surface area contributed by atoms with Gasteiger partial charge in [0, 0.05) is 25.4 Å². The summed E-state index contributed by atoms with van der Waals surface area (Å²) in [5, 5.41) is 5.79. The molecular weight excluding hydrogens is 302 g/mol. The molecule has 0 saturated carbocycles. The number of amides is 2. The lowest BCUT2D eigenvalue weighted by molar-refractivity contribution is -0.128. The predicted octanol–water partition coefficient (Wildman–Crippen LogP) is 3.21. The van der Waals surface area contributed by atoms with Gasteiger partial charge in [0.25, 0.3) is 5.91 Å². The molecule has 5 nitrogen and oxygen atoms in total. The van der Waals surface area contributed by atoms with E-state index >= 15 is 0 Å². The first kappa shape index (κ1) is 16.7. The number of para-hydroxylation sites is 1. The number of nitrogens with zero attached hydrogens (tertiary/aromatic N) is 3. The van der Waals surface area contributed by atoms with E-state index in [1.54, 1.807) is 0 Å². The summed E-state index contributed by atoms with van der Waals surface area (Å²) < 4.78 is 0. The Morgan fingerprint density at radius 3 is 2.62 bits per heavy atom. The van der Waals surface area contributed by atoms with Gasteiger partial charge in [0.1, 0.15) is 5.71 Å². The minimum absolute atomic E-state index is 0.00170. The zero-order chi connectivity index (χ0) is 17.1. The van der Waals surface area contributed by atoms with Crippen LogP contribution in [0.5, 0.6) is 0 Å². The zero-order valence-electron chi connectivity index (χ0n) is 14.4. The van der Waals surface area contributed by atoms with Crippen LogP contribution < -0.4 is 5.01 Å². The summed E-state index contributed by atoms with van der Waals surface area (Å²) in [6, 6.07) is 9.59. The highest BCUT2D eigenvalue weighted by Gasteiger charge is 2.33. The van der Waals surface area contributed by atoms with Crippen molar-refractivity contribution in [3.8, 4) is 0 Å². The van der Waals surface area contributed by atoms with Crippen LogP contribution in [0.2, 0.25) is 0 Å². The molecule has 1 saturated heterocycles. The van der Waals surface area contributed by atoms with Crippen LogP contribution in [0.4, 0.5) is 5.69 Å². The molecule has 0 aliphatic carbocycles. The highest BCUT2D eigenvalue weighted by Crippen LogP contribution is 2.25. The summed E-state index contributed by atoms with van der Waals surface area (Å²) in [7, 11) is 0. The number of rotatable bonds is 3. The molecule has 5 heteroatoms. The van der Waals surface area contributed by atoms with Crippen molar-refractivity contribution in [2.75, 3.05) is 11.6 Å². The normalized spacial score (nSPS) is 21.9. The molecular formula is C19H25N3O2. The highest BCUT2D eigenvalue weighted by atomic mass is 16.2. The van der Waals surface area contributed by atoms with E-state index in [9.17, 15) is 9.59 Å². The number of benzene rings is 1. The second-order valence-electron chi connectivity index (χ2n) is 6.89. The van der Waals surface area contributed by atoms with Gasteiger partial charge in [0.05, 0.1) is 5.69 Å². The van der Waals surface area contributed by atoms with Crippen molar-refractivity contribution in [3.63, 3.8) is 0 Å². The van der Waals surface area contributed by atoms with Gasteiger partial charge in [-0.3, -0.25) is 9.59 Å². The second kappa shape index (κ2) is 7.16. The molecule has 3 rings (SSSR count). The maximum absolute atomic E-state index is 13.0. The van der Waals surface area contributed by atoms with Crippen molar-refractivity contribution < 1.29 is 9.59 Å². The molecule has 2 heterocycles. The quantitative estimate of drug-likeness (QED) is 0.856. The molecule has 1 aromatic carbocycles. The molecule has 1 aromatic rings. The van der Waals surface area contributed by atoms with Gasteiger partial charge in [-0.15, -0.1) is 0 Å². The Morgan fingerprint density at radius 1 is 1.17 bits per heavy atom. The standard InChI is InChI=1S/C19H25N3O2/c1-14(2)17-10-6-7-13-21(17)19(24)16-11-12-18(23)22(20-16)15-8-4-3-5-9-15/h3-5,8-9,14,17H,6-7,10-13H2,1-2H3. The van der Waals surface area contributed by atoms with E-state index < -0.39 is 0 Å². The van der Waals surface area contributed by atoms with Crippen LogP contribution in [0.15, 0.2) is 35.4 Å². The summed E-state index contributed by atoms with van der Waals surface area (Å²) in [6.07, 6.45) is 4.04. The number of anilines is 1. The van der Waals surface area contributed by atoms with Crippen LogP contribution in [0.25, 0.3) is 0 Å². The Bertz CT molecular complexity index is 639. The number of hydrazone groups is 1. The zero-order valence-corrected chi connectivity index (χ0v) is 14.4. The largest absolute Gasteiger partial charge is 0.334 e. The van der Waals surface area contributed by atoms with E-state index in [0.717, 1.165) is 19.4 Å². The molecule has 0 radical (unpaired) electrons. The van der Waals surface area contributed by atoms with Crippen LogP contribution >= 0.6 is 0 Å². The number of carbonyl (C=O) groups is 2. The molecule has 0 spiro atoms. The first-order valence-corrected chi connectivity index (χ1v) is 8.84. The third-order valence-electron chi connectivity index (χ3n) is 4.86. The smallest absolute Gasteiger partial charge is 0.270 e. The molecule has 0 N–H and O–H groups in total. The predicted molar refractivity (Wildman–Crippen MR) is 94.8 cm³/mol. The SMILES string of the molecule is CC(C)C1CCCCN1C(=O)C1=NN(c2ccccc2)C(=O)CC1. The van der Waals surface area contributed by atoms with Crippen molar-refractivity contribution >= 4 is 23.2 Å². The average molecular weight is 327 g/mol. The van der Waals surface area contributed by atoms with Crippen molar-refractivity contribution in [1.82, 2.24) is 4.90 Å². The molecule has 2 aliphatic heterocycles. The summed E-state index contributed by atoms with van der Waals surface area (Å²) in [5.41, 5.74) is 1.22.